The molecule has 0 saturated heterocycles. The number of esters is 1. The molecule has 0 aliphatic heterocycles. The zero-order chi connectivity index (χ0) is 18.6. The molecule has 0 aliphatic carbocycles. The highest BCUT2D eigenvalue weighted by molar-refractivity contribution is 7.92. The third-order valence-corrected chi connectivity index (χ3v) is 4.78. The summed E-state index contributed by atoms with van der Waals surface area (Å²) >= 11 is 0. The molecule has 0 radical (unpaired) electrons. The summed E-state index contributed by atoms with van der Waals surface area (Å²) < 4.78 is 28.8. The van der Waals surface area contributed by atoms with E-state index in [0.717, 1.165) is 10.6 Å². The number of methoxy groups -OCH3 is 1. The van der Waals surface area contributed by atoms with Gasteiger partial charge in [0.05, 0.1) is 30.3 Å². The lowest BCUT2D eigenvalue weighted by atomic mass is 10.1. The maximum Gasteiger partial charge on any atom is 0.339 e. The van der Waals surface area contributed by atoms with Crippen molar-refractivity contribution >= 4 is 33.3 Å². The van der Waals surface area contributed by atoms with Crippen molar-refractivity contribution in [3.05, 3.63) is 59.7 Å². The predicted octanol–water partition coefficient (Wildman–Crippen LogP) is 2.12. The Bertz CT molecular complexity index is 892. The SMILES string of the molecule is COC(=O)c1ccccc1NC(=O)c1ccc(N(C)S(C)(=O)=O)cc1. The van der Waals surface area contributed by atoms with Crippen LogP contribution in [0.25, 0.3) is 0 Å². The van der Waals surface area contributed by atoms with E-state index in [0.29, 0.717) is 16.9 Å². The Kier molecular flexibility index (Phi) is 5.43. The number of para-hydroxylation sites is 1. The summed E-state index contributed by atoms with van der Waals surface area (Å²) in [6.07, 6.45) is 1.09. The van der Waals surface area contributed by atoms with E-state index in [9.17, 15) is 18.0 Å². The van der Waals surface area contributed by atoms with Gasteiger partial charge in [0.2, 0.25) is 10.0 Å². The molecule has 0 aromatic heterocycles. The van der Waals surface area contributed by atoms with Crippen LogP contribution >= 0.6 is 0 Å². The third-order valence-electron chi connectivity index (χ3n) is 3.57. The van der Waals surface area contributed by atoms with Crippen LogP contribution in [-0.4, -0.2) is 40.7 Å². The van der Waals surface area contributed by atoms with Gasteiger partial charge in [-0.15, -0.1) is 0 Å². The van der Waals surface area contributed by atoms with Gasteiger partial charge in [-0.05, 0) is 36.4 Å². The first kappa shape index (κ1) is 18.5. The van der Waals surface area contributed by atoms with Gasteiger partial charge in [0, 0.05) is 12.6 Å². The first-order valence-corrected chi connectivity index (χ1v) is 9.11. The van der Waals surface area contributed by atoms with Gasteiger partial charge in [-0.3, -0.25) is 9.10 Å². The van der Waals surface area contributed by atoms with Gasteiger partial charge >= 0.3 is 5.97 Å². The Hall–Kier alpha value is -2.87. The van der Waals surface area contributed by atoms with Crippen molar-refractivity contribution < 1.29 is 22.7 Å². The molecule has 0 atom stereocenters. The fourth-order valence-electron chi connectivity index (χ4n) is 2.09. The van der Waals surface area contributed by atoms with Gasteiger partial charge in [0.1, 0.15) is 0 Å². The van der Waals surface area contributed by atoms with Gasteiger partial charge in [0.15, 0.2) is 0 Å². The van der Waals surface area contributed by atoms with Crippen molar-refractivity contribution in [1.29, 1.82) is 0 Å². The molecule has 0 unspecified atom stereocenters. The monoisotopic (exact) mass is 362 g/mol. The molecule has 0 heterocycles. The van der Waals surface area contributed by atoms with Crippen LogP contribution in [-0.2, 0) is 14.8 Å². The minimum atomic E-state index is -3.37. The van der Waals surface area contributed by atoms with E-state index in [2.05, 4.69) is 10.1 Å². The highest BCUT2D eigenvalue weighted by Crippen LogP contribution is 2.19. The molecular weight excluding hydrogens is 344 g/mol. The summed E-state index contributed by atoms with van der Waals surface area (Å²) in [7, 11) is -0.685. The lowest BCUT2D eigenvalue weighted by Crippen LogP contribution is -2.24. The maximum absolute atomic E-state index is 12.4. The van der Waals surface area contributed by atoms with Crippen LogP contribution < -0.4 is 9.62 Å². The smallest absolute Gasteiger partial charge is 0.339 e. The molecule has 2 aromatic rings. The van der Waals surface area contributed by atoms with Gasteiger partial charge in [0.25, 0.3) is 5.91 Å². The number of rotatable bonds is 5. The van der Waals surface area contributed by atoms with E-state index in [-0.39, 0.29) is 5.56 Å². The summed E-state index contributed by atoms with van der Waals surface area (Å²) in [6, 6.07) is 12.6. The first-order chi connectivity index (χ1) is 11.7. The fourth-order valence-corrected chi connectivity index (χ4v) is 2.59. The molecule has 1 amide bonds. The Morgan fingerprint density at radius 2 is 1.64 bits per heavy atom. The van der Waals surface area contributed by atoms with Crippen molar-refractivity contribution in [2.45, 2.75) is 0 Å². The van der Waals surface area contributed by atoms with E-state index in [1.165, 1.54) is 38.4 Å². The van der Waals surface area contributed by atoms with E-state index < -0.39 is 21.9 Å². The van der Waals surface area contributed by atoms with Crippen molar-refractivity contribution in [3.63, 3.8) is 0 Å². The Balaban J connectivity index is 2.21. The van der Waals surface area contributed by atoms with E-state index in [1.54, 1.807) is 24.3 Å². The van der Waals surface area contributed by atoms with Crippen LogP contribution in [0.4, 0.5) is 11.4 Å². The molecule has 1 N–H and O–H groups in total. The average Bonchev–Trinajstić information content (AvgIpc) is 2.60. The zero-order valence-corrected chi connectivity index (χ0v) is 14.8. The number of nitrogens with zero attached hydrogens (tertiary/aromatic N) is 1. The normalized spacial score (nSPS) is 10.8. The maximum atomic E-state index is 12.4. The number of carbonyl (C=O) groups excluding carboxylic acids is 2. The second-order valence-electron chi connectivity index (χ2n) is 5.27. The third kappa shape index (κ3) is 4.36. The van der Waals surface area contributed by atoms with Crippen molar-refractivity contribution in [2.24, 2.45) is 0 Å². The summed E-state index contributed by atoms with van der Waals surface area (Å²) in [5, 5.41) is 2.65. The second-order valence-corrected chi connectivity index (χ2v) is 7.28. The quantitative estimate of drug-likeness (QED) is 0.823. The van der Waals surface area contributed by atoms with Crippen molar-refractivity contribution in [1.82, 2.24) is 0 Å². The molecule has 8 heteroatoms. The van der Waals surface area contributed by atoms with Gasteiger partial charge in [-0.1, -0.05) is 12.1 Å². The molecule has 132 valence electrons. The molecular formula is C17H18N2O5S. The van der Waals surface area contributed by atoms with E-state index in [1.807, 2.05) is 0 Å². The van der Waals surface area contributed by atoms with Crippen LogP contribution in [0.3, 0.4) is 0 Å². The topological polar surface area (TPSA) is 92.8 Å². The lowest BCUT2D eigenvalue weighted by Gasteiger charge is -2.16. The molecule has 2 aromatic carbocycles. The van der Waals surface area contributed by atoms with Crippen molar-refractivity contribution in [2.75, 3.05) is 30.0 Å². The number of anilines is 2. The molecule has 0 aliphatic rings. The van der Waals surface area contributed by atoms with Crippen molar-refractivity contribution in [3.8, 4) is 0 Å². The minimum Gasteiger partial charge on any atom is -0.465 e. The highest BCUT2D eigenvalue weighted by atomic mass is 32.2. The summed E-state index contributed by atoms with van der Waals surface area (Å²) in [5.74, 6) is -0.981. The van der Waals surface area contributed by atoms with Gasteiger partial charge < -0.3 is 10.1 Å². The zero-order valence-electron chi connectivity index (χ0n) is 14.0. The number of nitrogens with one attached hydrogen (secondary N) is 1. The van der Waals surface area contributed by atoms with E-state index >= 15 is 0 Å². The predicted molar refractivity (Wildman–Crippen MR) is 95.4 cm³/mol. The van der Waals surface area contributed by atoms with Gasteiger partial charge in [-0.2, -0.15) is 0 Å². The Morgan fingerprint density at radius 3 is 2.20 bits per heavy atom. The van der Waals surface area contributed by atoms with Gasteiger partial charge in [-0.25, -0.2) is 13.2 Å². The van der Waals surface area contributed by atoms with Crippen LogP contribution in [0.1, 0.15) is 20.7 Å². The largest absolute Gasteiger partial charge is 0.465 e. The molecule has 2 rings (SSSR count). The Morgan fingerprint density at radius 1 is 1.04 bits per heavy atom. The number of hydrogen-bond acceptors (Lipinski definition) is 5. The first-order valence-electron chi connectivity index (χ1n) is 7.26. The Labute approximate surface area is 146 Å². The lowest BCUT2D eigenvalue weighted by molar-refractivity contribution is 0.0602. The van der Waals surface area contributed by atoms with Crippen LogP contribution in [0, 0.1) is 0 Å². The molecule has 0 spiro atoms. The highest BCUT2D eigenvalue weighted by Gasteiger charge is 2.15. The van der Waals surface area contributed by atoms with Crippen LogP contribution in [0.5, 0.6) is 0 Å². The molecule has 0 fully saturated rings. The number of benzene rings is 2. The fraction of sp³-hybridized carbons (Fsp3) is 0.176. The average molecular weight is 362 g/mol. The molecule has 25 heavy (non-hydrogen) atoms. The number of ether oxygens (including phenoxy) is 1. The minimum absolute atomic E-state index is 0.242. The van der Waals surface area contributed by atoms with E-state index in [4.69, 9.17) is 0 Å². The second kappa shape index (κ2) is 7.35. The van der Waals surface area contributed by atoms with Crippen LogP contribution in [0.2, 0.25) is 0 Å². The number of sulfonamides is 1. The summed E-state index contributed by atoms with van der Waals surface area (Å²) in [4.78, 5) is 24.1. The molecule has 0 saturated carbocycles. The summed E-state index contributed by atoms with van der Waals surface area (Å²) in [5.41, 5.74) is 1.34. The number of carbonyl (C=O) groups is 2. The number of amides is 1. The molecule has 7 nitrogen and oxygen atoms in total. The standard InChI is InChI=1S/C17H18N2O5S/c1-19(25(3,22)23)13-10-8-12(9-11-13)16(20)18-15-7-5-4-6-14(15)17(21)24-2/h4-11H,1-3H3,(H,18,20). The van der Waals surface area contributed by atoms with Crippen LogP contribution in [0.15, 0.2) is 48.5 Å². The number of hydrogen-bond donors (Lipinski definition) is 1. The molecule has 0 bridgehead atoms. The summed E-state index contributed by atoms with van der Waals surface area (Å²) in [6.45, 7) is 0.